The fourth-order valence-electron chi connectivity index (χ4n) is 6.46. The lowest BCUT2D eigenvalue weighted by Crippen LogP contribution is -2.45. The second-order valence-corrected chi connectivity index (χ2v) is 11.9. The molecular weight excluding hydrogens is 557 g/mol. The fraction of sp³-hybridized carbons (Fsp3) is 0.484. The summed E-state index contributed by atoms with van der Waals surface area (Å²) in [6.07, 6.45) is 5.56. The quantitative estimate of drug-likeness (QED) is 0.287. The highest BCUT2D eigenvalue weighted by Gasteiger charge is 2.39. The van der Waals surface area contributed by atoms with E-state index in [2.05, 4.69) is 36.4 Å². The standard InChI is InChI=1S/C31H37F3N8O/c1-19-14-25(38-29(15-19)39-28-16-21(8-11-35-28)31(32,33)34)20-6-7-27(36-18-20)37-22-9-12-42(13-10-22)30(43)17-26-23-4-2-3-5-24(23)40-41-26/h6-8,11,14-16,18,22-24,26,40-41H,2-5,9-10,12-13,17H2,1H3,(H,36,37)(H,35,38,39). The van der Waals surface area contributed by atoms with E-state index in [1.165, 1.54) is 25.7 Å². The lowest BCUT2D eigenvalue weighted by Gasteiger charge is -2.34. The number of rotatable bonds is 7. The summed E-state index contributed by atoms with van der Waals surface area (Å²) in [6, 6.07) is 10.3. The summed E-state index contributed by atoms with van der Waals surface area (Å²) in [7, 11) is 0. The van der Waals surface area contributed by atoms with Crippen molar-refractivity contribution in [3.63, 3.8) is 0 Å². The van der Waals surface area contributed by atoms with Crippen molar-refractivity contribution in [3.05, 3.63) is 59.9 Å². The number of carbonyl (C=O) groups is 1. The molecule has 1 amide bonds. The molecule has 3 fully saturated rings. The molecule has 0 aromatic carbocycles. The number of fused-ring (bicyclic) bond motifs is 1. The average molecular weight is 595 g/mol. The van der Waals surface area contributed by atoms with Gasteiger partial charge in [-0.1, -0.05) is 12.8 Å². The number of likely N-dealkylation sites (tertiary alicyclic amines) is 1. The smallest absolute Gasteiger partial charge is 0.367 e. The van der Waals surface area contributed by atoms with E-state index in [1.54, 1.807) is 12.3 Å². The number of anilines is 3. The van der Waals surface area contributed by atoms with Gasteiger partial charge in [0, 0.05) is 55.6 Å². The van der Waals surface area contributed by atoms with Gasteiger partial charge in [0.1, 0.15) is 17.5 Å². The Morgan fingerprint density at radius 2 is 1.79 bits per heavy atom. The molecule has 3 aromatic heterocycles. The molecule has 9 nitrogen and oxygen atoms in total. The van der Waals surface area contributed by atoms with Gasteiger partial charge >= 0.3 is 6.18 Å². The van der Waals surface area contributed by atoms with Gasteiger partial charge in [-0.25, -0.2) is 15.0 Å². The van der Waals surface area contributed by atoms with Gasteiger partial charge in [0.15, 0.2) is 0 Å². The number of nitrogens with one attached hydrogen (secondary N) is 4. The number of carbonyl (C=O) groups excluding carboxylic acids is 1. The van der Waals surface area contributed by atoms with Gasteiger partial charge < -0.3 is 15.5 Å². The van der Waals surface area contributed by atoms with Gasteiger partial charge in [-0.2, -0.15) is 13.2 Å². The number of pyridine rings is 3. The third kappa shape index (κ3) is 7.07. The summed E-state index contributed by atoms with van der Waals surface area (Å²) in [5.41, 5.74) is 8.33. The molecule has 2 saturated heterocycles. The molecule has 1 saturated carbocycles. The maximum Gasteiger partial charge on any atom is 0.416 e. The molecule has 2 aliphatic heterocycles. The van der Waals surface area contributed by atoms with Gasteiger partial charge in [0.05, 0.1) is 11.3 Å². The summed E-state index contributed by atoms with van der Waals surface area (Å²) in [5, 5.41) is 6.38. The number of hydrazine groups is 1. The lowest BCUT2D eigenvalue weighted by atomic mass is 9.80. The van der Waals surface area contributed by atoms with Crippen LogP contribution in [0.1, 0.15) is 56.1 Å². The van der Waals surface area contributed by atoms with Gasteiger partial charge in [-0.15, -0.1) is 0 Å². The molecule has 1 aliphatic carbocycles. The van der Waals surface area contributed by atoms with Crippen LogP contribution in [0.4, 0.5) is 30.6 Å². The highest BCUT2D eigenvalue weighted by Crippen LogP contribution is 2.33. The second kappa shape index (κ2) is 12.5. The van der Waals surface area contributed by atoms with Gasteiger partial charge in [-0.05, 0) is 80.5 Å². The van der Waals surface area contributed by atoms with Crippen molar-refractivity contribution in [2.45, 2.75) is 76.2 Å². The Hall–Kier alpha value is -3.77. The van der Waals surface area contributed by atoms with E-state index in [0.717, 1.165) is 61.2 Å². The van der Waals surface area contributed by atoms with E-state index >= 15 is 0 Å². The van der Waals surface area contributed by atoms with Crippen molar-refractivity contribution in [2.24, 2.45) is 5.92 Å². The molecule has 3 unspecified atom stereocenters. The summed E-state index contributed by atoms with van der Waals surface area (Å²) in [6.45, 7) is 3.35. The van der Waals surface area contributed by atoms with Crippen LogP contribution < -0.4 is 21.5 Å². The molecule has 3 aliphatic rings. The molecule has 3 atom stereocenters. The SMILES string of the molecule is Cc1cc(Nc2cc(C(F)(F)F)ccn2)nc(-c2ccc(NC3CCN(C(=O)CC4NNC5CCCCC54)CC3)nc2)c1. The molecule has 5 heterocycles. The maximum atomic E-state index is 13.1. The first-order valence-electron chi connectivity index (χ1n) is 15.0. The first-order valence-corrected chi connectivity index (χ1v) is 15.0. The number of halogens is 3. The van der Waals surface area contributed by atoms with E-state index in [-0.39, 0.29) is 23.8 Å². The van der Waals surface area contributed by atoms with Gasteiger partial charge in [-0.3, -0.25) is 15.6 Å². The highest BCUT2D eigenvalue weighted by atomic mass is 19.4. The number of piperidine rings is 1. The number of amides is 1. The Bertz CT molecular complexity index is 1430. The molecule has 0 bridgehead atoms. The van der Waals surface area contributed by atoms with Crippen LogP contribution in [-0.2, 0) is 11.0 Å². The first kappa shape index (κ1) is 29.3. The zero-order chi connectivity index (χ0) is 30.0. The predicted molar refractivity (Wildman–Crippen MR) is 158 cm³/mol. The Labute approximate surface area is 249 Å². The van der Waals surface area contributed by atoms with Crippen molar-refractivity contribution < 1.29 is 18.0 Å². The van der Waals surface area contributed by atoms with Crippen molar-refractivity contribution >= 4 is 23.4 Å². The second-order valence-electron chi connectivity index (χ2n) is 11.9. The maximum absolute atomic E-state index is 13.1. The number of hydrogen-bond acceptors (Lipinski definition) is 8. The molecule has 6 rings (SSSR count). The normalized spacial score (nSPS) is 22.7. The number of nitrogens with zero attached hydrogens (tertiary/aromatic N) is 4. The van der Waals surface area contributed by atoms with Crippen LogP contribution in [0, 0.1) is 12.8 Å². The van der Waals surface area contributed by atoms with Gasteiger partial charge in [0.2, 0.25) is 5.91 Å². The fourth-order valence-corrected chi connectivity index (χ4v) is 6.46. The van der Waals surface area contributed by atoms with E-state index in [4.69, 9.17) is 0 Å². The van der Waals surface area contributed by atoms with E-state index in [9.17, 15) is 18.0 Å². The van der Waals surface area contributed by atoms with Crippen LogP contribution in [-0.4, -0.2) is 57.0 Å². The molecule has 12 heteroatoms. The number of aromatic nitrogens is 3. The van der Waals surface area contributed by atoms with E-state index in [1.807, 2.05) is 30.0 Å². The molecule has 0 spiro atoms. The minimum absolute atomic E-state index is 0.0642. The Morgan fingerprint density at radius 3 is 2.56 bits per heavy atom. The molecule has 0 radical (unpaired) electrons. The lowest BCUT2D eigenvalue weighted by molar-refractivity contribution is -0.137. The summed E-state index contributed by atoms with van der Waals surface area (Å²) in [5.74, 6) is 1.99. The first-order chi connectivity index (χ1) is 20.7. The number of hydrogen-bond donors (Lipinski definition) is 4. The van der Waals surface area contributed by atoms with Crippen LogP contribution in [0.25, 0.3) is 11.3 Å². The van der Waals surface area contributed by atoms with Crippen LogP contribution >= 0.6 is 0 Å². The minimum atomic E-state index is -4.45. The Morgan fingerprint density at radius 1 is 0.977 bits per heavy atom. The highest BCUT2D eigenvalue weighted by molar-refractivity contribution is 5.77. The van der Waals surface area contributed by atoms with Crippen molar-refractivity contribution in [1.82, 2.24) is 30.7 Å². The van der Waals surface area contributed by atoms with Gasteiger partial charge in [0.25, 0.3) is 0 Å². The Balaban J connectivity index is 1.02. The minimum Gasteiger partial charge on any atom is -0.367 e. The predicted octanol–water partition coefficient (Wildman–Crippen LogP) is 5.44. The summed E-state index contributed by atoms with van der Waals surface area (Å²) < 4.78 is 39.3. The van der Waals surface area contributed by atoms with Crippen LogP contribution in [0.5, 0.6) is 0 Å². The third-order valence-corrected chi connectivity index (χ3v) is 8.76. The molecular formula is C31H37F3N8O. The molecule has 228 valence electrons. The average Bonchev–Trinajstić information content (AvgIpc) is 3.40. The number of alkyl halides is 3. The van der Waals surface area contributed by atoms with Crippen molar-refractivity contribution in [2.75, 3.05) is 23.7 Å². The van der Waals surface area contributed by atoms with Crippen LogP contribution in [0.3, 0.4) is 0 Å². The largest absolute Gasteiger partial charge is 0.416 e. The van der Waals surface area contributed by atoms with Crippen molar-refractivity contribution in [3.8, 4) is 11.3 Å². The number of aryl methyl sites for hydroxylation is 1. The van der Waals surface area contributed by atoms with E-state index < -0.39 is 11.7 Å². The van der Waals surface area contributed by atoms with Crippen LogP contribution in [0.15, 0.2) is 48.8 Å². The molecule has 3 aromatic rings. The summed E-state index contributed by atoms with van der Waals surface area (Å²) in [4.78, 5) is 28.2. The third-order valence-electron chi connectivity index (χ3n) is 8.76. The zero-order valence-corrected chi connectivity index (χ0v) is 24.1. The monoisotopic (exact) mass is 594 g/mol. The van der Waals surface area contributed by atoms with Crippen molar-refractivity contribution in [1.29, 1.82) is 0 Å². The summed E-state index contributed by atoms with van der Waals surface area (Å²) >= 11 is 0. The topological polar surface area (TPSA) is 107 Å². The molecule has 4 N–H and O–H groups in total. The van der Waals surface area contributed by atoms with E-state index in [0.29, 0.717) is 29.9 Å². The molecule has 43 heavy (non-hydrogen) atoms. The zero-order valence-electron chi connectivity index (χ0n) is 24.1. The Kier molecular flexibility index (Phi) is 8.49. The van der Waals surface area contributed by atoms with Crippen LogP contribution in [0.2, 0.25) is 0 Å².